The molecule has 0 atom stereocenters. The molecule has 3 N–H and O–H groups in total. The molecule has 1 fully saturated rings. The summed E-state index contributed by atoms with van der Waals surface area (Å²) < 4.78 is 83.7. The van der Waals surface area contributed by atoms with Crippen molar-refractivity contribution in [2.75, 3.05) is 135 Å². The molecule has 0 spiro atoms. The van der Waals surface area contributed by atoms with Crippen molar-refractivity contribution in [3.63, 3.8) is 0 Å². The van der Waals surface area contributed by atoms with E-state index in [2.05, 4.69) is 20.7 Å². The topological polar surface area (TPSA) is 185 Å². The van der Waals surface area contributed by atoms with Gasteiger partial charge in [-0.3, -0.25) is 14.4 Å². The second-order valence-electron chi connectivity index (χ2n) is 15.0. The van der Waals surface area contributed by atoms with Gasteiger partial charge in [0.05, 0.1) is 140 Å². The van der Waals surface area contributed by atoms with Crippen LogP contribution in [0.2, 0.25) is 5.02 Å². The van der Waals surface area contributed by atoms with Gasteiger partial charge in [-0.15, -0.1) is 0 Å². The number of benzene rings is 3. The highest BCUT2D eigenvalue weighted by Crippen LogP contribution is 2.35. The number of hydrogen-bond acceptors (Lipinski definition) is 14. The molecule has 0 aromatic heterocycles. The van der Waals surface area contributed by atoms with E-state index in [0.29, 0.717) is 110 Å². The first-order valence-corrected chi connectivity index (χ1v) is 24.0. The maximum absolute atomic E-state index is 13.5. The summed E-state index contributed by atoms with van der Waals surface area (Å²) in [4.78, 5) is 39.6. The first-order valence-electron chi connectivity index (χ1n) is 22.4. The van der Waals surface area contributed by atoms with E-state index in [9.17, 15) is 27.6 Å². The van der Waals surface area contributed by atoms with Crippen LogP contribution in [0.3, 0.4) is 0 Å². The maximum Gasteiger partial charge on any atom is 0.417 e. The van der Waals surface area contributed by atoms with E-state index < -0.39 is 34.5 Å². The highest BCUT2D eigenvalue weighted by Gasteiger charge is 2.33. The molecule has 0 radical (unpaired) electrons. The van der Waals surface area contributed by atoms with Crippen LogP contribution in [0.5, 0.6) is 0 Å². The predicted molar refractivity (Wildman–Crippen MR) is 253 cm³/mol. The van der Waals surface area contributed by atoms with Crippen molar-refractivity contribution in [1.29, 1.82) is 0 Å². The van der Waals surface area contributed by atoms with Crippen molar-refractivity contribution in [2.45, 2.75) is 37.6 Å². The highest BCUT2D eigenvalue weighted by molar-refractivity contribution is 7.98. The van der Waals surface area contributed by atoms with Gasteiger partial charge in [-0.2, -0.15) is 30.0 Å². The fourth-order valence-electron chi connectivity index (χ4n) is 6.35. The van der Waals surface area contributed by atoms with Crippen molar-refractivity contribution in [1.82, 2.24) is 5.43 Å². The third-order valence-electron chi connectivity index (χ3n) is 9.79. The largest absolute Gasteiger partial charge is 0.481 e. The lowest BCUT2D eigenvalue weighted by molar-refractivity contribution is -0.138. The summed E-state index contributed by atoms with van der Waals surface area (Å²) in [6.45, 7) is 8.34. The minimum absolute atomic E-state index is 0.0219. The van der Waals surface area contributed by atoms with Gasteiger partial charge in [0.15, 0.2) is 0 Å². The normalized spacial score (nSPS) is 13.0. The summed E-state index contributed by atoms with van der Waals surface area (Å²) in [7, 11) is 0. The van der Waals surface area contributed by atoms with Crippen molar-refractivity contribution in [3.05, 3.63) is 93.5 Å². The number of alkyl halides is 3. The number of nitrogens with zero attached hydrogens (tertiary/aromatic N) is 2. The molecule has 16 nitrogen and oxygen atoms in total. The van der Waals surface area contributed by atoms with E-state index in [4.69, 9.17) is 54.6 Å². The second kappa shape index (κ2) is 33.2. The Balaban J connectivity index is 1.04. The Kier molecular flexibility index (Phi) is 27.5. The SMILES string of the molecule is O=C(O)CCOCCOCCOCCOCCOCCOCCOCCOCCSCc1cccc(C(=O)Nc2ccc(N3CCCCC3)cc2C(=O)NN=Cc2ccc(Cl)c(C(F)(F)F)c2)c1. The number of carbonyl (C=O) groups excluding carboxylic acids is 2. The van der Waals surface area contributed by atoms with Crippen LogP contribution >= 0.6 is 23.4 Å². The molecule has 4 rings (SSSR count). The number of piperidine rings is 1. The molecule has 0 saturated carbocycles. The van der Waals surface area contributed by atoms with Crippen molar-refractivity contribution >= 4 is 58.7 Å². The number of rotatable bonds is 35. The molecule has 376 valence electrons. The predicted octanol–water partition coefficient (Wildman–Crippen LogP) is 7.21. The average molecular weight is 1000 g/mol. The lowest BCUT2D eigenvalue weighted by Gasteiger charge is -2.29. The number of anilines is 2. The summed E-state index contributed by atoms with van der Waals surface area (Å²) in [5.41, 5.74) is 4.01. The van der Waals surface area contributed by atoms with Crippen LogP contribution < -0.4 is 15.6 Å². The molecule has 68 heavy (non-hydrogen) atoms. The van der Waals surface area contributed by atoms with E-state index in [1.807, 2.05) is 12.1 Å². The first kappa shape index (κ1) is 56.2. The molecule has 1 heterocycles. The fraction of sp³-hybridized carbons (Fsp3) is 0.532. The number of ether oxygens (including phenoxy) is 8. The Morgan fingerprint density at radius 2 is 1.25 bits per heavy atom. The Morgan fingerprint density at radius 3 is 1.81 bits per heavy atom. The molecule has 21 heteroatoms. The van der Waals surface area contributed by atoms with Crippen LogP contribution in [0.1, 0.15) is 63.1 Å². The van der Waals surface area contributed by atoms with Gasteiger partial charge in [0.25, 0.3) is 11.8 Å². The van der Waals surface area contributed by atoms with Gasteiger partial charge in [0, 0.05) is 35.8 Å². The first-order chi connectivity index (χ1) is 33.0. The number of hydrogen-bond donors (Lipinski definition) is 3. The van der Waals surface area contributed by atoms with Gasteiger partial charge in [0.1, 0.15) is 0 Å². The Hall–Kier alpha value is -4.35. The fourth-order valence-corrected chi connectivity index (χ4v) is 7.37. The summed E-state index contributed by atoms with van der Waals surface area (Å²) in [6, 6.07) is 15.7. The van der Waals surface area contributed by atoms with E-state index in [1.165, 1.54) is 6.07 Å². The van der Waals surface area contributed by atoms with Crippen LogP contribution in [0.25, 0.3) is 0 Å². The number of carboxylic acids is 1. The molecular weight excluding hydrogens is 937 g/mol. The molecule has 3 aromatic rings. The van der Waals surface area contributed by atoms with Crippen LogP contribution in [0.4, 0.5) is 24.5 Å². The van der Waals surface area contributed by atoms with Crippen molar-refractivity contribution in [3.8, 4) is 0 Å². The van der Waals surface area contributed by atoms with Crippen LogP contribution in [-0.4, -0.2) is 154 Å². The number of halogens is 4. The van der Waals surface area contributed by atoms with Crippen molar-refractivity contribution < 1.29 is 70.6 Å². The number of thioether (sulfide) groups is 1. The smallest absolute Gasteiger partial charge is 0.417 e. The van der Waals surface area contributed by atoms with Gasteiger partial charge in [-0.05, 0) is 72.9 Å². The number of nitrogens with one attached hydrogen (secondary N) is 2. The summed E-state index contributed by atoms with van der Waals surface area (Å²) in [5.74, 6) is -0.577. The molecular formula is C47H62ClF3N4O12S. The van der Waals surface area contributed by atoms with Gasteiger partial charge in [0.2, 0.25) is 0 Å². The summed E-state index contributed by atoms with van der Waals surface area (Å²) >= 11 is 7.39. The molecule has 0 aliphatic carbocycles. The van der Waals surface area contributed by atoms with Crippen molar-refractivity contribution in [2.24, 2.45) is 5.10 Å². The second-order valence-corrected chi connectivity index (χ2v) is 16.5. The van der Waals surface area contributed by atoms with E-state index in [1.54, 1.807) is 42.1 Å². The van der Waals surface area contributed by atoms with Crippen LogP contribution in [-0.2, 0) is 54.6 Å². The molecule has 1 saturated heterocycles. The van der Waals surface area contributed by atoms with E-state index in [0.717, 1.165) is 67.7 Å². The van der Waals surface area contributed by atoms with Gasteiger partial charge in [-0.25, -0.2) is 5.43 Å². The number of carboxylic acid groups (broad SMARTS) is 1. The molecule has 0 unspecified atom stereocenters. The number of aliphatic carboxylic acids is 1. The lowest BCUT2D eigenvalue weighted by Crippen LogP contribution is -2.30. The lowest BCUT2D eigenvalue weighted by atomic mass is 10.1. The number of amides is 2. The Bertz CT molecular complexity index is 1980. The number of hydrazone groups is 1. The Morgan fingerprint density at radius 1 is 0.691 bits per heavy atom. The van der Waals surface area contributed by atoms with E-state index in [-0.39, 0.29) is 29.8 Å². The summed E-state index contributed by atoms with van der Waals surface area (Å²) in [6.07, 6.45) is -0.448. The quantitative estimate of drug-likeness (QED) is 0.0305. The van der Waals surface area contributed by atoms with Gasteiger partial charge >= 0.3 is 12.1 Å². The zero-order chi connectivity index (χ0) is 48.7. The zero-order valence-corrected chi connectivity index (χ0v) is 39.6. The van der Waals surface area contributed by atoms with Gasteiger partial charge < -0.3 is 53.2 Å². The highest BCUT2D eigenvalue weighted by atomic mass is 35.5. The molecule has 1 aliphatic heterocycles. The van der Waals surface area contributed by atoms with Crippen LogP contribution in [0.15, 0.2) is 65.8 Å². The van der Waals surface area contributed by atoms with Crippen LogP contribution in [0, 0.1) is 0 Å². The minimum Gasteiger partial charge on any atom is -0.481 e. The third kappa shape index (κ3) is 23.3. The molecule has 0 bridgehead atoms. The monoisotopic (exact) mass is 998 g/mol. The molecule has 2 amide bonds. The number of carbonyl (C=O) groups is 3. The zero-order valence-electron chi connectivity index (χ0n) is 38.1. The minimum atomic E-state index is -4.66. The molecule has 3 aromatic carbocycles. The third-order valence-corrected chi connectivity index (χ3v) is 11.1. The Labute approximate surface area is 404 Å². The van der Waals surface area contributed by atoms with E-state index >= 15 is 0 Å². The standard InChI is InChI=1S/C47H62ClF3N4O12S/c48-42-9-7-36(32-41(42)47(49,50)51)34-52-54-46(59)40-33-39(55-12-2-1-3-13-55)8-10-43(40)53-45(58)38-6-4-5-37(31-38)35-68-30-29-67-28-27-66-26-25-65-24-23-64-22-21-63-20-19-62-18-17-61-16-15-60-14-11-44(56)57/h4-10,31-34H,1-3,11-30,35H2,(H,53,58)(H,54,59)(H,56,57). The maximum atomic E-state index is 13.5. The van der Waals surface area contributed by atoms with Gasteiger partial charge in [-0.1, -0.05) is 29.8 Å². The average Bonchev–Trinajstić information content (AvgIpc) is 3.33. The summed E-state index contributed by atoms with van der Waals surface area (Å²) in [5, 5.41) is 14.8. The molecule has 1 aliphatic rings.